The topological polar surface area (TPSA) is 21.3 Å². The molecule has 0 saturated heterocycles. The summed E-state index contributed by atoms with van der Waals surface area (Å²) in [6, 6.07) is 5.11. The number of nitrogens with one attached hydrogen (secondary N) is 1. The zero-order chi connectivity index (χ0) is 10.3. The minimum atomic E-state index is 0.486. The first-order chi connectivity index (χ1) is 7.38. The van der Waals surface area contributed by atoms with Gasteiger partial charge in [-0.2, -0.15) is 0 Å². The van der Waals surface area contributed by atoms with E-state index in [2.05, 4.69) is 17.4 Å². The van der Waals surface area contributed by atoms with Crippen LogP contribution in [0.3, 0.4) is 0 Å². The van der Waals surface area contributed by atoms with Crippen molar-refractivity contribution in [1.82, 2.24) is 5.32 Å². The average Bonchev–Trinajstić information content (AvgIpc) is 2.72. The Morgan fingerprint density at radius 2 is 2.07 bits per heavy atom. The molecular formula is C13H17NO. The molecule has 15 heavy (non-hydrogen) atoms. The summed E-state index contributed by atoms with van der Waals surface area (Å²) in [5.41, 5.74) is 4.41. The van der Waals surface area contributed by atoms with Crippen LogP contribution in [0.15, 0.2) is 12.1 Å². The number of hydrogen-bond acceptors (Lipinski definition) is 2. The Bertz CT molecular complexity index is 386. The van der Waals surface area contributed by atoms with Gasteiger partial charge in [-0.25, -0.2) is 0 Å². The molecule has 2 heteroatoms. The van der Waals surface area contributed by atoms with Crippen molar-refractivity contribution in [2.75, 3.05) is 13.7 Å². The van der Waals surface area contributed by atoms with Crippen molar-refractivity contribution in [3.8, 4) is 5.75 Å². The van der Waals surface area contributed by atoms with Crippen molar-refractivity contribution in [1.29, 1.82) is 0 Å². The molecule has 1 heterocycles. The molecule has 0 aromatic heterocycles. The Morgan fingerprint density at radius 1 is 1.27 bits per heavy atom. The lowest BCUT2D eigenvalue weighted by atomic mass is 9.96. The van der Waals surface area contributed by atoms with Crippen molar-refractivity contribution >= 4 is 0 Å². The molecule has 1 aliphatic carbocycles. The van der Waals surface area contributed by atoms with Gasteiger partial charge in [-0.15, -0.1) is 0 Å². The molecule has 0 bridgehead atoms. The van der Waals surface area contributed by atoms with E-state index in [1.807, 2.05) is 7.05 Å². The fourth-order valence-electron chi connectivity index (χ4n) is 2.76. The van der Waals surface area contributed by atoms with E-state index < -0.39 is 0 Å². The van der Waals surface area contributed by atoms with E-state index in [9.17, 15) is 0 Å². The molecule has 2 aliphatic rings. The van der Waals surface area contributed by atoms with Crippen LogP contribution in [-0.2, 0) is 12.8 Å². The summed E-state index contributed by atoms with van der Waals surface area (Å²) < 4.78 is 5.74. The Hall–Kier alpha value is -1.02. The average molecular weight is 203 g/mol. The molecule has 1 unspecified atom stereocenters. The quantitative estimate of drug-likeness (QED) is 0.755. The Morgan fingerprint density at radius 3 is 2.87 bits per heavy atom. The van der Waals surface area contributed by atoms with Crippen molar-refractivity contribution in [2.24, 2.45) is 0 Å². The van der Waals surface area contributed by atoms with Crippen molar-refractivity contribution in [2.45, 2.75) is 31.7 Å². The summed E-state index contributed by atoms with van der Waals surface area (Å²) in [5.74, 6) is 1.11. The minimum Gasteiger partial charge on any atom is -0.493 e. The smallest absolute Gasteiger partial charge is 0.124 e. The summed E-state index contributed by atoms with van der Waals surface area (Å²) in [6.07, 6.45) is 4.87. The number of ether oxygens (including phenoxy) is 1. The van der Waals surface area contributed by atoms with Gasteiger partial charge in [-0.3, -0.25) is 0 Å². The Kier molecular flexibility index (Phi) is 2.17. The normalized spacial score (nSPS) is 23.1. The highest BCUT2D eigenvalue weighted by Crippen LogP contribution is 2.36. The second kappa shape index (κ2) is 3.53. The van der Waals surface area contributed by atoms with Gasteiger partial charge >= 0.3 is 0 Å². The maximum absolute atomic E-state index is 5.74. The van der Waals surface area contributed by atoms with Crippen molar-refractivity contribution in [3.05, 3.63) is 28.8 Å². The van der Waals surface area contributed by atoms with Gasteiger partial charge in [0.15, 0.2) is 0 Å². The highest BCUT2D eigenvalue weighted by molar-refractivity contribution is 5.47. The van der Waals surface area contributed by atoms with Crippen molar-refractivity contribution < 1.29 is 4.74 Å². The molecule has 2 nitrogen and oxygen atoms in total. The molecule has 0 spiro atoms. The van der Waals surface area contributed by atoms with Gasteiger partial charge in [-0.1, -0.05) is 6.07 Å². The third-order valence-electron chi connectivity index (χ3n) is 3.61. The van der Waals surface area contributed by atoms with Crippen LogP contribution < -0.4 is 10.1 Å². The lowest BCUT2D eigenvalue weighted by Crippen LogP contribution is -2.24. The van der Waals surface area contributed by atoms with Gasteiger partial charge in [0, 0.05) is 18.0 Å². The van der Waals surface area contributed by atoms with Gasteiger partial charge in [0.2, 0.25) is 0 Å². The molecule has 80 valence electrons. The van der Waals surface area contributed by atoms with E-state index in [1.165, 1.54) is 30.4 Å². The van der Waals surface area contributed by atoms with E-state index in [0.29, 0.717) is 6.04 Å². The van der Waals surface area contributed by atoms with E-state index >= 15 is 0 Å². The summed E-state index contributed by atoms with van der Waals surface area (Å²) in [5, 5.41) is 3.37. The van der Waals surface area contributed by atoms with Crippen LogP contribution in [0.1, 0.15) is 35.6 Å². The molecule has 1 atom stereocenters. The molecule has 0 amide bonds. The van der Waals surface area contributed by atoms with E-state index in [0.717, 1.165) is 18.8 Å². The number of hydrogen-bond donors (Lipinski definition) is 1. The molecule has 1 aromatic rings. The molecule has 1 aromatic carbocycles. The second-order valence-corrected chi connectivity index (χ2v) is 4.49. The van der Waals surface area contributed by atoms with Crippen LogP contribution in [0.2, 0.25) is 0 Å². The van der Waals surface area contributed by atoms with Gasteiger partial charge in [0.1, 0.15) is 5.75 Å². The molecular weight excluding hydrogens is 186 g/mol. The first-order valence-electron chi connectivity index (χ1n) is 5.84. The van der Waals surface area contributed by atoms with Crippen LogP contribution in [0.4, 0.5) is 0 Å². The summed E-state index contributed by atoms with van der Waals surface area (Å²) >= 11 is 0. The van der Waals surface area contributed by atoms with Crippen molar-refractivity contribution in [3.63, 3.8) is 0 Å². The highest BCUT2D eigenvalue weighted by Gasteiger charge is 2.23. The molecule has 1 N–H and O–H groups in total. The Labute approximate surface area is 90.6 Å². The fraction of sp³-hybridized carbons (Fsp3) is 0.538. The van der Waals surface area contributed by atoms with E-state index in [1.54, 1.807) is 5.56 Å². The maximum atomic E-state index is 5.74. The molecule has 1 aliphatic heterocycles. The van der Waals surface area contributed by atoms with Crippen LogP contribution in [-0.4, -0.2) is 13.7 Å². The first-order valence-corrected chi connectivity index (χ1v) is 5.84. The zero-order valence-corrected chi connectivity index (χ0v) is 9.18. The lowest BCUT2D eigenvalue weighted by Gasteiger charge is -2.26. The van der Waals surface area contributed by atoms with Crippen LogP contribution in [0.5, 0.6) is 5.75 Å². The van der Waals surface area contributed by atoms with Crippen LogP contribution in [0.25, 0.3) is 0 Å². The number of benzene rings is 1. The number of aryl methyl sites for hydroxylation is 2. The van der Waals surface area contributed by atoms with Gasteiger partial charge in [-0.05, 0) is 43.5 Å². The predicted molar refractivity (Wildman–Crippen MR) is 60.4 cm³/mol. The second-order valence-electron chi connectivity index (χ2n) is 4.49. The van der Waals surface area contributed by atoms with Gasteiger partial charge in [0.05, 0.1) is 6.61 Å². The van der Waals surface area contributed by atoms with Crippen LogP contribution >= 0.6 is 0 Å². The third-order valence-corrected chi connectivity index (χ3v) is 3.61. The number of rotatable bonds is 1. The standard InChI is InChI=1S/C13H17NO/c1-14-12-5-6-15-13-8-10-4-2-3-9(10)7-11(12)13/h7-8,12,14H,2-6H2,1H3. The molecule has 0 saturated carbocycles. The maximum Gasteiger partial charge on any atom is 0.124 e. The Balaban J connectivity index is 2.08. The van der Waals surface area contributed by atoms with E-state index in [-0.39, 0.29) is 0 Å². The SMILES string of the molecule is CNC1CCOc2cc3c(cc21)CCC3. The highest BCUT2D eigenvalue weighted by atomic mass is 16.5. The summed E-state index contributed by atoms with van der Waals surface area (Å²) in [6.45, 7) is 0.845. The van der Waals surface area contributed by atoms with E-state index in [4.69, 9.17) is 4.74 Å². The molecule has 3 rings (SSSR count). The summed E-state index contributed by atoms with van der Waals surface area (Å²) in [7, 11) is 2.03. The fourth-order valence-corrected chi connectivity index (χ4v) is 2.76. The van der Waals surface area contributed by atoms with Gasteiger partial charge in [0.25, 0.3) is 0 Å². The third kappa shape index (κ3) is 1.44. The molecule has 0 radical (unpaired) electrons. The first kappa shape index (κ1) is 9.22. The predicted octanol–water partition coefficient (Wildman–Crippen LogP) is 2.22. The summed E-state index contributed by atoms with van der Waals surface area (Å²) in [4.78, 5) is 0. The van der Waals surface area contributed by atoms with Gasteiger partial charge < -0.3 is 10.1 Å². The largest absolute Gasteiger partial charge is 0.493 e. The number of fused-ring (bicyclic) bond motifs is 2. The zero-order valence-electron chi connectivity index (χ0n) is 9.18. The van der Waals surface area contributed by atoms with Crippen LogP contribution in [0, 0.1) is 0 Å². The minimum absolute atomic E-state index is 0.486. The lowest BCUT2D eigenvalue weighted by molar-refractivity contribution is 0.257. The monoisotopic (exact) mass is 203 g/mol. The molecule has 0 fully saturated rings.